The average Bonchev–Trinajstić information content (AvgIpc) is 2.95. The molecular formula is C21H26ClN3O. The summed E-state index contributed by atoms with van der Waals surface area (Å²) in [6.07, 6.45) is 6.38. The van der Waals surface area contributed by atoms with Crippen LogP contribution in [0.5, 0.6) is 0 Å². The highest BCUT2D eigenvalue weighted by Crippen LogP contribution is 2.37. The Morgan fingerprint density at radius 3 is 2.65 bits per heavy atom. The van der Waals surface area contributed by atoms with E-state index in [9.17, 15) is 4.79 Å². The van der Waals surface area contributed by atoms with Crippen molar-refractivity contribution in [1.82, 2.24) is 14.7 Å². The summed E-state index contributed by atoms with van der Waals surface area (Å²) in [6.45, 7) is 4.19. The van der Waals surface area contributed by atoms with Crippen molar-refractivity contribution in [3.05, 3.63) is 52.3 Å². The molecular weight excluding hydrogens is 346 g/mol. The summed E-state index contributed by atoms with van der Waals surface area (Å²) in [4.78, 5) is 15.2. The molecule has 1 aromatic carbocycles. The molecule has 1 amide bonds. The van der Waals surface area contributed by atoms with Gasteiger partial charge in [-0.15, -0.1) is 0 Å². The number of carbonyl (C=O) groups is 1. The van der Waals surface area contributed by atoms with Crippen LogP contribution in [0.1, 0.15) is 53.7 Å². The second kappa shape index (κ2) is 7.43. The predicted molar refractivity (Wildman–Crippen MR) is 103 cm³/mol. The van der Waals surface area contributed by atoms with Crippen molar-refractivity contribution in [2.24, 2.45) is 11.8 Å². The molecule has 2 aromatic rings. The molecule has 0 spiro atoms. The highest BCUT2D eigenvalue weighted by Gasteiger charge is 2.35. The normalized spacial score (nSPS) is 22.9. The quantitative estimate of drug-likeness (QED) is 0.794. The fourth-order valence-corrected chi connectivity index (χ4v) is 4.92. The Balaban J connectivity index is 1.53. The molecule has 1 aromatic heterocycles. The summed E-state index contributed by atoms with van der Waals surface area (Å²) in [5.74, 6) is 1.53. The molecule has 5 heteroatoms. The highest BCUT2D eigenvalue weighted by molar-refractivity contribution is 6.33. The molecule has 2 fully saturated rings. The van der Waals surface area contributed by atoms with Gasteiger partial charge in [0.05, 0.1) is 17.8 Å². The van der Waals surface area contributed by atoms with Gasteiger partial charge in [0, 0.05) is 13.1 Å². The van der Waals surface area contributed by atoms with Crippen molar-refractivity contribution in [2.45, 2.75) is 45.6 Å². The number of hydrogen-bond acceptors (Lipinski definition) is 2. The maximum Gasteiger partial charge on any atom is 0.258 e. The zero-order chi connectivity index (χ0) is 18.1. The third-order valence-electron chi connectivity index (χ3n) is 6.03. The van der Waals surface area contributed by atoms with E-state index in [1.165, 1.54) is 25.7 Å². The lowest BCUT2D eigenvalue weighted by Gasteiger charge is -2.41. The van der Waals surface area contributed by atoms with Gasteiger partial charge in [0.25, 0.3) is 5.91 Å². The van der Waals surface area contributed by atoms with Gasteiger partial charge in [0.2, 0.25) is 0 Å². The smallest absolute Gasteiger partial charge is 0.258 e. The minimum atomic E-state index is 0.0517. The van der Waals surface area contributed by atoms with E-state index in [1.54, 1.807) is 4.68 Å². The number of aryl methyl sites for hydroxylation is 1. The first kappa shape index (κ1) is 17.6. The van der Waals surface area contributed by atoms with Crippen molar-refractivity contribution in [1.29, 1.82) is 0 Å². The van der Waals surface area contributed by atoms with E-state index in [1.807, 2.05) is 42.2 Å². The highest BCUT2D eigenvalue weighted by atomic mass is 35.5. The number of likely N-dealkylation sites (tertiary alicyclic amines) is 1. The topological polar surface area (TPSA) is 38.1 Å². The number of rotatable bonds is 3. The van der Waals surface area contributed by atoms with Gasteiger partial charge in [-0.25, -0.2) is 4.68 Å². The lowest BCUT2D eigenvalue weighted by atomic mass is 9.75. The summed E-state index contributed by atoms with van der Waals surface area (Å²) in [7, 11) is 0. The molecule has 1 aliphatic heterocycles. The lowest BCUT2D eigenvalue weighted by molar-refractivity contribution is 0.0520. The van der Waals surface area contributed by atoms with Gasteiger partial charge in [0.15, 0.2) is 0 Å². The summed E-state index contributed by atoms with van der Waals surface area (Å²) >= 11 is 6.58. The Labute approximate surface area is 160 Å². The van der Waals surface area contributed by atoms with Crippen LogP contribution in [0.4, 0.5) is 0 Å². The fraction of sp³-hybridized carbons (Fsp3) is 0.524. The maximum absolute atomic E-state index is 13.2. The van der Waals surface area contributed by atoms with Gasteiger partial charge in [-0.3, -0.25) is 4.79 Å². The molecule has 0 N–H and O–H groups in total. The maximum atomic E-state index is 13.2. The van der Waals surface area contributed by atoms with Crippen LogP contribution in [0.25, 0.3) is 0 Å². The van der Waals surface area contributed by atoms with Crippen LogP contribution in [-0.4, -0.2) is 33.7 Å². The van der Waals surface area contributed by atoms with Crippen LogP contribution in [0.3, 0.4) is 0 Å². The Hall–Kier alpha value is -1.81. The standard InChI is InChI=1S/C21H26ClN3O/c1-15-19(20(22)25(23-15)13-16-7-3-2-4-8-16)21(26)24-12-11-17-9-5-6-10-18(17)14-24/h2-4,7-8,17-18H,5-6,9-14H2,1H3/t17-,18+/m0/s1. The third-order valence-corrected chi connectivity index (χ3v) is 6.42. The van der Waals surface area contributed by atoms with E-state index < -0.39 is 0 Å². The molecule has 26 heavy (non-hydrogen) atoms. The Morgan fingerprint density at radius 2 is 1.88 bits per heavy atom. The number of carbonyl (C=O) groups excluding carboxylic acids is 1. The van der Waals surface area contributed by atoms with E-state index in [-0.39, 0.29) is 5.91 Å². The second-order valence-electron chi connectivity index (χ2n) is 7.74. The van der Waals surface area contributed by atoms with E-state index >= 15 is 0 Å². The van der Waals surface area contributed by atoms with E-state index in [0.717, 1.165) is 36.7 Å². The minimum Gasteiger partial charge on any atom is -0.338 e. The number of piperidine rings is 1. The molecule has 2 aliphatic rings. The first-order valence-corrected chi connectivity index (χ1v) is 10.1. The number of amides is 1. The van der Waals surface area contributed by atoms with Crippen molar-refractivity contribution in [3.8, 4) is 0 Å². The van der Waals surface area contributed by atoms with Gasteiger partial charge >= 0.3 is 0 Å². The van der Waals surface area contributed by atoms with Gasteiger partial charge < -0.3 is 4.90 Å². The number of fused-ring (bicyclic) bond motifs is 1. The van der Waals surface area contributed by atoms with Crippen LogP contribution in [0.15, 0.2) is 30.3 Å². The molecule has 4 rings (SSSR count). The number of benzene rings is 1. The van der Waals surface area contributed by atoms with Crippen LogP contribution in [0, 0.1) is 18.8 Å². The first-order chi connectivity index (χ1) is 12.6. The van der Waals surface area contributed by atoms with Crippen LogP contribution < -0.4 is 0 Å². The average molecular weight is 372 g/mol. The summed E-state index contributed by atoms with van der Waals surface area (Å²) in [6, 6.07) is 10.1. The Bertz CT molecular complexity index is 786. The number of hydrogen-bond donors (Lipinski definition) is 0. The molecule has 1 aliphatic carbocycles. The number of nitrogens with zero attached hydrogens (tertiary/aromatic N) is 3. The molecule has 1 saturated heterocycles. The van der Waals surface area contributed by atoms with Crippen molar-refractivity contribution in [3.63, 3.8) is 0 Å². The van der Waals surface area contributed by atoms with Gasteiger partial charge in [-0.2, -0.15) is 5.10 Å². The fourth-order valence-electron chi connectivity index (χ4n) is 4.60. The van der Waals surface area contributed by atoms with Crippen LogP contribution in [0.2, 0.25) is 5.15 Å². The Kier molecular flexibility index (Phi) is 5.03. The molecule has 0 radical (unpaired) electrons. The second-order valence-corrected chi connectivity index (χ2v) is 8.10. The monoisotopic (exact) mass is 371 g/mol. The van der Waals surface area contributed by atoms with E-state index in [4.69, 9.17) is 11.6 Å². The predicted octanol–water partition coefficient (Wildman–Crippen LogP) is 4.55. The minimum absolute atomic E-state index is 0.0517. The van der Waals surface area contributed by atoms with Crippen molar-refractivity contribution in [2.75, 3.05) is 13.1 Å². The van der Waals surface area contributed by atoms with Crippen LogP contribution in [-0.2, 0) is 6.54 Å². The van der Waals surface area contributed by atoms with Crippen LogP contribution >= 0.6 is 11.6 Å². The van der Waals surface area contributed by atoms with Gasteiger partial charge in [-0.05, 0) is 37.2 Å². The first-order valence-electron chi connectivity index (χ1n) is 9.69. The lowest BCUT2D eigenvalue weighted by Crippen LogP contribution is -2.44. The van der Waals surface area contributed by atoms with E-state index in [2.05, 4.69) is 5.10 Å². The molecule has 2 heterocycles. The Morgan fingerprint density at radius 1 is 1.15 bits per heavy atom. The van der Waals surface area contributed by atoms with Gasteiger partial charge in [-0.1, -0.05) is 61.2 Å². The number of aromatic nitrogens is 2. The molecule has 0 unspecified atom stereocenters. The van der Waals surface area contributed by atoms with Gasteiger partial charge in [0.1, 0.15) is 5.15 Å². The summed E-state index contributed by atoms with van der Waals surface area (Å²) in [5.41, 5.74) is 2.43. The zero-order valence-corrected chi connectivity index (χ0v) is 16.1. The molecule has 0 bridgehead atoms. The molecule has 4 nitrogen and oxygen atoms in total. The summed E-state index contributed by atoms with van der Waals surface area (Å²) in [5, 5.41) is 5.00. The molecule has 2 atom stereocenters. The zero-order valence-electron chi connectivity index (χ0n) is 15.3. The third kappa shape index (κ3) is 3.39. The van der Waals surface area contributed by atoms with Crippen molar-refractivity contribution >= 4 is 17.5 Å². The largest absolute Gasteiger partial charge is 0.338 e. The molecule has 1 saturated carbocycles. The SMILES string of the molecule is Cc1nn(Cc2ccccc2)c(Cl)c1C(=O)N1CC[C@@H]2CCCC[C@@H]2C1. The number of halogens is 1. The summed E-state index contributed by atoms with van der Waals surface area (Å²) < 4.78 is 1.74. The molecule has 138 valence electrons. The van der Waals surface area contributed by atoms with E-state index in [0.29, 0.717) is 23.2 Å². The van der Waals surface area contributed by atoms with Crippen molar-refractivity contribution < 1.29 is 4.79 Å².